The molecule has 0 aliphatic carbocycles. The summed E-state index contributed by atoms with van der Waals surface area (Å²) in [6, 6.07) is 9.39. The van der Waals surface area contributed by atoms with E-state index in [0.29, 0.717) is 17.0 Å². The van der Waals surface area contributed by atoms with Crippen molar-refractivity contribution in [2.24, 2.45) is 0 Å². The van der Waals surface area contributed by atoms with E-state index in [4.69, 9.17) is 0 Å². The van der Waals surface area contributed by atoms with Crippen LogP contribution in [-0.4, -0.2) is 59.0 Å². The van der Waals surface area contributed by atoms with E-state index in [2.05, 4.69) is 77.3 Å². The maximum atomic E-state index is 13.1. The third kappa shape index (κ3) is 4.99. The standard InChI is InChI=1S/C25H35N5OS/c1-5-6-9-20(12-19-13-26-22-11-8-7-10-21(19)22)28-24(31)23-14-27-25(32-23)30-15-17(2)29(4)18(3)16-30/h7-8,10-11,13-14,17-18,20,26H,5-6,9,12,15-16H2,1-4H3,(H,28,31)/t17-,18-,20?/m1/s1. The minimum Gasteiger partial charge on any atom is -0.361 e. The number of hydrogen-bond donors (Lipinski definition) is 2. The molecule has 0 bridgehead atoms. The number of carbonyl (C=O) groups excluding carboxylic acids is 1. The molecule has 0 spiro atoms. The van der Waals surface area contributed by atoms with Crippen molar-refractivity contribution in [3.63, 3.8) is 0 Å². The average molecular weight is 454 g/mol. The van der Waals surface area contributed by atoms with E-state index in [9.17, 15) is 4.79 Å². The number of likely N-dealkylation sites (N-methyl/N-ethyl adjacent to an activating group) is 1. The summed E-state index contributed by atoms with van der Waals surface area (Å²) in [6.07, 6.45) is 7.83. The number of piperazine rings is 1. The van der Waals surface area contributed by atoms with Crippen molar-refractivity contribution in [3.8, 4) is 0 Å². The Bertz CT molecular complexity index is 1030. The molecule has 172 valence electrons. The fourth-order valence-electron chi connectivity index (χ4n) is 4.57. The van der Waals surface area contributed by atoms with Crippen molar-refractivity contribution < 1.29 is 4.79 Å². The summed E-state index contributed by atoms with van der Waals surface area (Å²) >= 11 is 1.51. The van der Waals surface area contributed by atoms with Gasteiger partial charge in [0.2, 0.25) is 0 Å². The van der Waals surface area contributed by atoms with E-state index in [0.717, 1.165) is 49.4 Å². The lowest BCUT2D eigenvalue weighted by Gasteiger charge is -2.42. The molecule has 2 aromatic heterocycles. The SMILES string of the molecule is CCCCC(Cc1c[nH]c2ccccc12)NC(=O)c1cnc(N2C[C@@H](C)N(C)[C@H](C)C2)s1. The van der Waals surface area contributed by atoms with Crippen LogP contribution in [0.4, 0.5) is 5.13 Å². The summed E-state index contributed by atoms with van der Waals surface area (Å²) in [4.78, 5) is 26.5. The molecule has 1 saturated heterocycles. The molecule has 0 radical (unpaired) electrons. The zero-order valence-electron chi connectivity index (χ0n) is 19.6. The van der Waals surface area contributed by atoms with Crippen LogP contribution in [0.1, 0.15) is 55.3 Å². The fourth-order valence-corrected chi connectivity index (χ4v) is 5.41. The lowest BCUT2D eigenvalue weighted by molar-refractivity contribution is 0.0938. The number of para-hydroxylation sites is 1. The van der Waals surface area contributed by atoms with Gasteiger partial charge in [-0.25, -0.2) is 4.98 Å². The smallest absolute Gasteiger partial charge is 0.263 e. The van der Waals surface area contributed by atoms with Crippen LogP contribution in [0.15, 0.2) is 36.7 Å². The molecule has 2 N–H and O–H groups in total. The van der Waals surface area contributed by atoms with Crippen molar-refractivity contribution in [1.82, 2.24) is 20.2 Å². The average Bonchev–Trinajstić information content (AvgIpc) is 3.43. The molecular formula is C25H35N5OS. The van der Waals surface area contributed by atoms with E-state index in [1.165, 1.54) is 22.3 Å². The van der Waals surface area contributed by atoms with Gasteiger partial charge in [-0.2, -0.15) is 0 Å². The maximum absolute atomic E-state index is 13.1. The first-order valence-electron chi connectivity index (χ1n) is 11.7. The molecular weight excluding hydrogens is 418 g/mol. The molecule has 1 aliphatic heterocycles. The summed E-state index contributed by atoms with van der Waals surface area (Å²) in [5.74, 6) is -0.00933. The van der Waals surface area contributed by atoms with Gasteiger partial charge in [-0.3, -0.25) is 9.69 Å². The highest BCUT2D eigenvalue weighted by Crippen LogP contribution is 2.27. The second kappa shape index (κ2) is 10.0. The van der Waals surface area contributed by atoms with Crippen molar-refractivity contribution in [3.05, 3.63) is 47.1 Å². The molecule has 3 heterocycles. The Morgan fingerprint density at radius 2 is 2.03 bits per heavy atom. The molecule has 1 amide bonds. The Morgan fingerprint density at radius 1 is 1.28 bits per heavy atom. The van der Waals surface area contributed by atoms with E-state index in [-0.39, 0.29) is 11.9 Å². The van der Waals surface area contributed by atoms with Gasteiger partial charge in [0.15, 0.2) is 5.13 Å². The zero-order chi connectivity index (χ0) is 22.7. The third-order valence-electron chi connectivity index (χ3n) is 6.73. The van der Waals surface area contributed by atoms with E-state index >= 15 is 0 Å². The minimum atomic E-state index is -0.00933. The number of rotatable bonds is 8. The van der Waals surface area contributed by atoms with Crippen LogP contribution in [0.25, 0.3) is 10.9 Å². The van der Waals surface area contributed by atoms with Gasteiger partial charge in [-0.15, -0.1) is 0 Å². The number of aromatic amines is 1. The Labute approximate surface area is 195 Å². The Hall–Kier alpha value is -2.38. The van der Waals surface area contributed by atoms with Crippen LogP contribution in [0.3, 0.4) is 0 Å². The van der Waals surface area contributed by atoms with Gasteiger partial charge in [-0.1, -0.05) is 49.3 Å². The Balaban J connectivity index is 1.44. The molecule has 3 aromatic rings. The van der Waals surface area contributed by atoms with Gasteiger partial charge in [0.05, 0.1) is 6.20 Å². The highest BCUT2D eigenvalue weighted by Gasteiger charge is 2.28. The maximum Gasteiger partial charge on any atom is 0.263 e. The first-order valence-corrected chi connectivity index (χ1v) is 12.6. The summed E-state index contributed by atoms with van der Waals surface area (Å²) in [6.45, 7) is 8.56. The molecule has 1 aromatic carbocycles. The lowest BCUT2D eigenvalue weighted by atomic mass is 10.0. The van der Waals surface area contributed by atoms with Crippen molar-refractivity contribution in [2.45, 2.75) is 64.6 Å². The minimum absolute atomic E-state index is 0.00933. The molecule has 4 rings (SSSR count). The van der Waals surface area contributed by atoms with Crippen molar-refractivity contribution >= 4 is 33.3 Å². The quantitative estimate of drug-likeness (QED) is 0.520. The number of benzene rings is 1. The van der Waals surface area contributed by atoms with Gasteiger partial charge in [0, 0.05) is 48.3 Å². The van der Waals surface area contributed by atoms with Gasteiger partial charge < -0.3 is 15.2 Å². The first kappa shape index (κ1) is 22.8. The Morgan fingerprint density at radius 3 is 2.78 bits per heavy atom. The third-order valence-corrected chi connectivity index (χ3v) is 7.79. The highest BCUT2D eigenvalue weighted by molar-refractivity contribution is 7.17. The normalized spacial score (nSPS) is 20.6. The second-order valence-corrected chi connectivity index (χ2v) is 10.2. The predicted octanol–water partition coefficient (Wildman–Crippen LogP) is 4.68. The topological polar surface area (TPSA) is 64.3 Å². The van der Waals surface area contributed by atoms with Gasteiger partial charge in [0.1, 0.15) is 4.88 Å². The summed E-state index contributed by atoms with van der Waals surface area (Å²) in [5, 5.41) is 5.49. The fraction of sp³-hybridized carbons (Fsp3) is 0.520. The van der Waals surface area contributed by atoms with Crippen molar-refractivity contribution in [1.29, 1.82) is 0 Å². The van der Waals surface area contributed by atoms with E-state index in [1.54, 1.807) is 6.20 Å². The highest BCUT2D eigenvalue weighted by atomic mass is 32.1. The molecule has 32 heavy (non-hydrogen) atoms. The second-order valence-electron chi connectivity index (χ2n) is 9.15. The van der Waals surface area contributed by atoms with Crippen LogP contribution < -0.4 is 10.2 Å². The molecule has 1 unspecified atom stereocenters. The summed E-state index contributed by atoms with van der Waals surface area (Å²) in [5.41, 5.74) is 2.40. The Kier molecular flexibility index (Phi) is 7.16. The number of carbonyl (C=O) groups is 1. The lowest BCUT2D eigenvalue weighted by Crippen LogP contribution is -2.55. The summed E-state index contributed by atoms with van der Waals surface area (Å²) < 4.78 is 0. The molecule has 3 atom stereocenters. The molecule has 6 nitrogen and oxygen atoms in total. The zero-order valence-corrected chi connectivity index (χ0v) is 20.4. The predicted molar refractivity (Wildman–Crippen MR) is 134 cm³/mol. The van der Waals surface area contributed by atoms with E-state index in [1.807, 2.05) is 6.07 Å². The number of thiazole rings is 1. The number of fused-ring (bicyclic) bond motifs is 1. The number of nitrogens with one attached hydrogen (secondary N) is 2. The van der Waals surface area contributed by atoms with Crippen LogP contribution in [-0.2, 0) is 6.42 Å². The van der Waals surface area contributed by atoms with Gasteiger partial charge in [-0.05, 0) is 45.4 Å². The number of hydrogen-bond acceptors (Lipinski definition) is 5. The number of nitrogens with zero attached hydrogens (tertiary/aromatic N) is 3. The van der Waals surface area contributed by atoms with Crippen LogP contribution in [0.5, 0.6) is 0 Å². The number of unbranched alkanes of at least 4 members (excludes halogenated alkanes) is 1. The van der Waals surface area contributed by atoms with E-state index < -0.39 is 0 Å². The van der Waals surface area contributed by atoms with Crippen molar-refractivity contribution in [2.75, 3.05) is 25.0 Å². The van der Waals surface area contributed by atoms with Crippen LogP contribution in [0, 0.1) is 0 Å². The largest absolute Gasteiger partial charge is 0.361 e. The number of aromatic nitrogens is 2. The first-order chi connectivity index (χ1) is 15.5. The number of amides is 1. The van der Waals surface area contributed by atoms with Crippen LogP contribution in [0.2, 0.25) is 0 Å². The van der Waals surface area contributed by atoms with Gasteiger partial charge in [0.25, 0.3) is 5.91 Å². The monoisotopic (exact) mass is 453 g/mol. The number of anilines is 1. The molecule has 7 heteroatoms. The summed E-state index contributed by atoms with van der Waals surface area (Å²) in [7, 11) is 2.18. The molecule has 1 aliphatic rings. The van der Waals surface area contributed by atoms with Gasteiger partial charge >= 0.3 is 0 Å². The molecule has 0 saturated carbocycles. The van der Waals surface area contributed by atoms with Crippen LogP contribution >= 0.6 is 11.3 Å². The molecule has 1 fully saturated rings. The number of H-pyrrole nitrogens is 1.